The summed E-state index contributed by atoms with van der Waals surface area (Å²) in [5, 5.41) is 0. The monoisotopic (exact) mass is 614 g/mol. The SMILES string of the molecule is CCCOCCOc1ccc(-c2ccc(OCC)c(/C=C/C(=O)Cc3ccc([S@](=O)Cc4cncn4CCC)cc3)c2)cc1. The van der Waals surface area contributed by atoms with Gasteiger partial charge >= 0.3 is 0 Å². The first-order chi connectivity index (χ1) is 21.5. The molecule has 4 rings (SSSR count). The highest BCUT2D eigenvalue weighted by molar-refractivity contribution is 7.84. The van der Waals surface area contributed by atoms with Gasteiger partial charge in [-0.1, -0.05) is 44.2 Å². The number of carbonyl (C=O) groups is 1. The molecule has 0 bridgehead atoms. The third kappa shape index (κ3) is 9.76. The Morgan fingerprint density at radius 2 is 1.66 bits per heavy atom. The number of benzene rings is 3. The van der Waals surface area contributed by atoms with E-state index in [1.165, 1.54) is 0 Å². The van der Waals surface area contributed by atoms with E-state index in [9.17, 15) is 9.00 Å². The number of ether oxygens (including phenoxy) is 3. The fourth-order valence-corrected chi connectivity index (χ4v) is 5.80. The summed E-state index contributed by atoms with van der Waals surface area (Å²) in [6.07, 6.45) is 9.21. The normalized spacial score (nSPS) is 12.0. The first kappa shape index (κ1) is 32.9. The Morgan fingerprint density at radius 3 is 2.39 bits per heavy atom. The molecule has 0 unspecified atom stereocenters. The van der Waals surface area contributed by atoms with Crippen LogP contribution in [0.1, 0.15) is 50.4 Å². The number of carbonyl (C=O) groups excluding carboxylic acids is 1. The summed E-state index contributed by atoms with van der Waals surface area (Å²) in [5.41, 5.74) is 4.71. The van der Waals surface area contributed by atoms with Gasteiger partial charge in [0.1, 0.15) is 18.1 Å². The van der Waals surface area contributed by atoms with Crippen LogP contribution in [0.15, 0.2) is 90.2 Å². The predicted molar refractivity (Wildman–Crippen MR) is 176 cm³/mol. The molecule has 0 radical (unpaired) electrons. The fraction of sp³-hybridized carbons (Fsp3) is 0.333. The molecule has 0 saturated heterocycles. The Morgan fingerprint density at radius 1 is 0.886 bits per heavy atom. The number of aryl methyl sites for hydroxylation is 1. The van der Waals surface area contributed by atoms with Crippen molar-refractivity contribution in [3.8, 4) is 22.6 Å². The smallest absolute Gasteiger partial charge is 0.160 e. The van der Waals surface area contributed by atoms with Gasteiger partial charge < -0.3 is 18.8 Å². The Balaban J connectivity index is 1.37. The summed E-state index contributed by atoms with van der Waals surface area (Å²) in [7, 11) is -1.19. The summed E-state index contributed by atoms with van der Waals surface area (Å²) >= 11 is 0. The van der Waals surface area contributed by atoms with E-state index in [0.717, 1.165) is 70.3 Å². The van der Waals surface area contributed by atoms with Crippen LogP contribution in [-0.4, -0.2) is 46.0 Å². The van der Waals surface area contributed by atoms with Crippen LogP contribution in [-0.2, 0) is 39.0 Å². The number of rotatable bonds is 18. The van der Waals surface area contributed by atoms with Crippen molar-refractivity contribution >= 4 is 22.7 Å². The summed E-state index contributed by atoms with van der Waals surface area (Å²) in [6, 6.07) is 21.4. The van der Waals surface area contributed by atoms with Crippen LogP contribution in [0.2, 0.25) is 0 Å². The molecule has 0 aliphatic carbocycles. The Hall–Kier alpha value is -4.01. The lowest BCUT2D eigenvalue weighted by atomic mass is 10.0. The number of aromatic nitrogens is 2. The van der Waals surface area contributed by atoms with Gasteiger partial charge in [0.25, 0.3) is 0 Å². The van der Waals surface area contributed by atoms with E-state index in [2.05, 4.69) is 18.8 Å². The zero-order valence-electron chi connectivity index (χ0n) is 25.9. The molecule has 1 heterocycles. The van der Waals surface area contributed by atoms with Crippen LogP contribution < -0.4 is 9.47 Å². The van der Waals surface area contributed by atoms with Crippen molar-refractivity contribution in [2.24, 2.45) is 0 Å². The van der Waals surface area contributed by atoms with Crippen LogP contribution in [0.4, 0.5) is 0 Å². The van der Waals surface area contributed by atoms with Gasteiger partial charge in [0.05, 0.1) is 41.8 Å². The number of hydrogen-bond acceptors (Lipinski definition) is 6. The van der Waals surface area contributed by atoms with Gasteiger partial charge in [-0.05, 0) is 85.0 Å². The van der Waals surface area contributed by atoms with Gasteiger partial charge in [-0.15, -0.1) is 0 Å². The van der Waals surface area contributed by atoms with Crippen LogP contribution in [0.5, 0.6) is 11.5 Å². The maximum Gasteiger partial charge on any atom is 0.160 e. The average Bonchev–Trinajstić information content (AvgIpc) is 3.47. The van der Waals surface area contributed by atoms with Gasteiger partial charge in [-0.25, -0.2) is 4.98 Å². The molecule has 8 heteroatoms. The number of allylic oxidation sites excluding steroid dienone is 1. The maximum absolute atomic E-state index is 12.9. The van der Waals surface area contributed by atoms with Gasteiger partial charge in [-0.2, -0.15) is 0 Å². The van der Waals surface area contributed by atoms with Crippen molar-refractivity contribution in [1.29, 1.82) is 0 Å². The van der Waals surface area contributed by atoms with Crippen LogP contribution in [0, 0.1) is 0 Å². The molecule has 0 aliphatic heterocycles. The molecule has 7 nitrogen and oxygen atoms in total. The minimum atomic E-state index is -1.19. The van der Waals surface area contributed by atoms with Crippen molar-refractivity contribution in [2.45, 2.75) is 57.2 Å². The molecule has 0 spiro atoms. The number of nitrogens with zero attached hydrogens (tertiary/aromatic N) is 2. The van der Waals surface area contributed by atoms with E-state index in [0.29, 0.717) is 25.6 Å². The molecule has 44 heavy (non-hydrogen) atoms. The second kappa shape index (κ2) is 17.3. The summed E-state index contributed by atoms with van der Waals surface area (Å²) in [4.78, 5) is 17.8. The first-order valence-electron chi connectivity index (χ1n) is 15.3. The van der Waals surface area contributed by atoms with Crippen molar-refractivity contribution in [3.05, 3.63) is 102 Å². The molecular formula is C36H42N2O5S. The second-order valence-electron chi connectivity index (χ2n) is 10.4. The highest BCUT2D eigenvalue weighted by Gasteiger charge is 2.11. The van der Waals surface area contributed by atoms with E-state index in [-0.39, 0.29) is 12.2 Å². The average molecular weight is 615 g/mol. The van der Waals surface area contributed by atoms with Gasteiger partial charge in [0.2, 0.25) is 0 Å². The van der Waals surface area contributed by atoms with Gasteiger partial charge in [0.15, 0.2) is 5.78 Å². The molecule has 0 N–H and O–H groups in total. The summed E-state index contributed by atoms with van der Waals surface area (Å²) < 4.78 is 32.1. The van der Waals surface area contributed by atoms with Crippen molar-refractivity contribution in [1.82, 2.24) is 9.55 Å². The highest BCUT2D eigenvalue weighted by atomic mass is 32.2. The summed E-state index contributed by atoms with van der Waals surface area (Å²) in [5.74, 6) is 1.90. The molecule has 4 aromatic rings. The minimum Gasteiger partial charge on any atom is -0.493 e. The Labute approximate surface area is 263 Å². The lowest BCUT2D eigenvalue weighted by molar-refractivity contribution is -0.113. The zero-order chi connectivity index (χ0) is 31.1. The third-order valence-electron chi connectivity index (χ3n) is 6.90. The first-order valence-corrected chi connectivity index (χ1v) is 16.6. The molecule has 1 aromatic heterocycles. The molecule has 0 amide bonds. The Kier molecular flexibility index (Phi) is 13.0. The topological polar surface area (TPSA) is 79.7 Å². The van der Waals surface area contributed by atoms with E-state index >= 15 is 0 Å². The molecular weight excluding hydrogens is 572 g/mol. The van der Waals surface area contributed by atoms with Crippen molar-refractivity contribution in [2.75, 3.05) is 26.4 Å². The quantitative estimate of drug-likeness (QED) is 0.0865. The standard InChI is InChI=1S/C36H42N2O5S/c1-4-19-38-27-37-25-32(38)26-44(40)35-16-7-28(8-17-35)23-33(39)13-9-31-24-30(12-18-36(31)42-6-3)29-10-14-34(15-11-29)43-22-21-41-20-5-2/h7-18,24-25,27H,4-6,19-23,26H2,1-3H3/b13-9+/t44-/m1/s1. The Bertz CT molecular complexity index is 1530. The maximum atomic E-state index is 12.9. The van der Waals surface area contributed by atoms with E-state index in [4.69, 9.17) is 14.2 Å². The molecule has 232 valence electrons. The predicted octanol–water partition coefficient (Wildman–Crippen LogP) is 7.30. The number of imidazole rings is 1. The molecule has 0 fully saturated rings. The number of ketones is 1. The zero-order valence-corrected chi connectivity index (χ0v) is 26.7. The van der Waals surface area contributed by atoms with E-state index in [1.807, 2.05) is 84.3 Å². The molecule has 0 saturated carbocycles. The molecule has 3 aromatic carbocycles. The minimum absolute atomic E-state index is 0.0281. The van der Waals surface area contributed by atoms with Crippen molar-refractivity contribution in [3.63, 3.8) is 0 Å². The molecule has 1 atom stereocenters. The van der Waals surface area contributed by atoms with E-state index < -0.39 is 10.8 Å². The van der Waals surface area contributed by atoms with Gasteiger partial charge in [0, 0.05) is 36.2 Å². The lowest BCUT2D eigenvalue weighted by Crippen LogP contribution is -2.06. The van der Waals surface area contributed by atoms with E-state index in [1.54, 1.807) is 18.6 Å². The third-order valence-corrected chi connectivity index (χ3v) is 8.25. The van der Waals surface area contributed by atoms with Crippen LogP contribution in [0.3, 0.4) is 0 Å². The highest BCUT2D eigenvalue weighted by Crippen LogP contribution is 2.29. The lowest BCUT2D eigenvalue weighted by Gasteiger charge is -2.11. The second-order valence-corrected chi connectivity index (χ2v) is 11.8. The van der Waals surface area contributed by atoms with Crippen LogP contribution in [0.25, 0.3) is 17.2 Å². The number of hydrogen-bond donors (Lipinski definition) is 0. The van der Waals surface area contributed by atoms with Crippen molar-refractivity contribution < 1.29 is 23.2 Å². The van der Waals surface area contributed by atoms with Gasteiger partial charge in [-0.3, -0.25) is 9.00 Å². The fourth-order valence-electron chi connectivity index (χ4n) is 4.68. The summed E-state index contributed by atoms with van der Waals surface area (Å²) in [6.45, 7) is 9.34. The van der Waals surface area contributed by atoms with Crippen LogP contribution >= 0.6 is 0 Å². The molecule has 0 aliphatic rings. The largest absolute Gasteiger partial charge is 0.493 e.